The number of hydrogen-bond donors (Lipinski definition) is 18. The van der Waals surface area contributed by atoms with Gasteiger partial charge in [0.1, 0.15) is 28.2 Å². The molecule has 0 aromatic heterocycles. The molecule has 0 spiro atoms. The van der Waals surface area contributed by atoms with Crippen LogP contribution in [0.15, 0.2) is 0 Å². The number of ketones is 1. The minimum absolute atomic E-state index is 0. The van der Waals surface area contributed by atoms with Crippen LogP contribution in [0.2, 0.25) is 0 Å². The Hall–Kier alpha value is -11.3. The molecule has 0 rings (SSSR count). The first-order valence-electron chi connectivity index (χ1n) is 35.3. The maximum atomic E-state index is 11.1. The Morgan fingerprint density at radius 3 is 0.714 bits per heavy atom. The van der Waals surface area contributed by atoms with Crippen LogP contribution in [0.4, 0.5) is 19.2 Å². The number of nitrogens with two attached hydrogens (primary N) is 4. The third kappa shape index (κ3) is 245. The SMILES string of the molecule is C#CCCC(=O)CCC(=O)NC.C#CCCC(=O)NCC(=O)NC.C#CCCC(=O)O.CCCN.CCCNC(=O)CN.CCCNC(=O)CNC(=O)OC(C)(C)C.CN.CNC(=O)CN.CNC(=O)CNC(=O)OC(C)(C)C.CNC(=O)CNC(=O)OC(C)(C)C.CNC(=O)CNC(=O)OC(C)(C)C.O.O.O=C=O.O=C=O.O=C=O.O=C=O.O=C=O.[Na+].[Na+].[OH-].[OH-]. The van der Waals surface area contributed by atoms with E-state index in [-0.39, 0.29) is 236 Å². The van der Waals surface area contributed by atoms with E-state index in [1.807, 2.05) is 13.8 Å². The quantitative estimate of drug-likeness (QED) is 0.0217. The summed E-state index contributed by atoms with van der Waals surface area (Å²) in [6.07, 6.45) is 19.0. The molecule has 13 amide bonds. The van der Waals surface area contributed by atoms with E-state index in [2.05, 4.69) is 99.5 Å². The molecule has 53 heteroatoms. The van der Waals surface area contributed by atoms with Crippen molar-refractivity contribution in [1.29, 1.82) is 0 Å². The van der Waals surface area contributed by atoms with Crippen LogP contribution in [-0.2, 0) is 120 Å². The molecule has 0 aliphatic rings. The minimum Gasteiger partial charge on any atom is -0.870 e. The molecule has 28 N–H and O–H groups in total. The van der Waals surface area contributed by atoms with Gasteiger partial charge in [-0.3, -0.25) is 52.7 Å². The average molecular weight is 1840 g/mol. The maximum Gasteiger partial charge on any atom is 1.00 e. The molecule has 0 aliphatic heterocycles. The van der Waals surface area contributed by atoms with Crippen molar-refractivity contribution < 1.29 is 225 Å². The second-order valence-corrected chi connectivity index (χ2v) is 24.1. The molecule has 0 aliphatic carbocycles. The van der Waals surface area contributed by atoms with Gasteiger partial charge in [0.05, 0.1) is 52.2 Å². The predicted molar refractivity (Wildman–Crippen MR) is 441 cm³/mol. The van der Waals surface area contributed by atoms with Crippen molar-refractivity contribution in [3.05, 3.63) is 0 Å². The Balaban J connectivity index is -0.0000000470. The summed E-state index contributed by atoms with van der Waals surface area (Å²) in [6.45, 7) is 29.2. The summed E-state index contributed by atoms with van der Waals surface area (Å²) >= 11 is 0. The minimum atomic E-state index is -0.835. The van der Waals surface area contributed by atoms with E-state index in [1.54, 1.807) is 97.2 Å². The van der Waals surface area contributed by atoms with Gasteiger partial charge in [0, 0.05) is 100 Å². The molecule has 0 aromatic carbocycles. The van der Waals surface area contributed by atoms with Gasteiger partial charge in [-0.15, -0.1) is 37.0 Å². The number of nitrogens with one attached hydrogen (secondary N) is 13. The summed E-state index contributed by atoms with van der Waals surface area (Å²) in [5, 5.41) is 39.3. The summed E-state index contributed by atoms with van der Waals surface area (Å²) in [5.74, 6) is 4.44. The summed E-state index contributed by atoms with van der Waals surface area (Å²) in [6, 6.07) is 0. The zero-order valence-electron chi connectivity index (χ0n) is 77.1. The van der Waals surface area contributed by atoms with Crippen molar-refractivity contribution >= 4 is 120 Å². The number of amides is 13. The number of carbonyl (C=O) groups excluding carboxylic acids is 24. The van der Waals surface area contributed by atoms with Crippen molar-refractivity contribution in [2.45, 2.75) is 197 Å². The third-order valence-corrected chi connectivity index (χ3v) is 9.25. The smallest absolute Gasteiger partial charge is 0.870 e. The fraction of sp³-hybridized carbons (Fsp3) is 0.644. The Labute approximate surface area is 781 Å². The largest absolute Gasteiger partial charge is 1.00 e. The first-order chi connectivity index (χ1) is 55.7. The molecule has 126 heavy (non-hydrogen) atoms. The van der Waals surface area contributed by atoms with Gasteiger partial charge in [0.2, 0.25) is 53.2 Å². The van der Waals surface area contributed by atoms with E-state index in [1.165, 1.54) is 35.2 Å². The zero-order valence-corrected chi connectivity index (χ0v) is 81.1. The van der Waals surface area contributed by atoms with E-state index in [0.29, 0.717) is 38.6 Å². The Morgan fingerprint density at radius 2 is 0.532 bits per heavy atom. The van der Waals surface area contributed by atoms with Crippen LogP contribution in [0.1, 0.15) is 174 Å². The van der Waals surface area contributed by atoms with Crippen LogP contribution in [0.3, 0.4) is 0 Å². The molecule has 0 radical (unpaired) electrons. The summed E-state index contributed by atoms with van der Waals surface area (Å²) < 4.78 is 19.7. The summed E-state index contributed by atoms with van der Waals surface area (Å²) in [5.41, 5.74) is 17.3. The van der Waals surface area contributed by atoms with Gasteiger partial charge in [0.15, 0.2) is 0 Å². The zero-order chi connectivity index (χ0) is 98.2. The number of alkyl carbamates (subject to hydrolysis) is 4. The van der Waals surface area contributed by atoms with Crippen molar-refractivity contribution in [3.63, 3.8) is 0 Å². The molecule has 0 fully saturated rings. The number of likely N-dealkylation sites (N-methyl/N-ethyl adjacent to an activating group) is 5. The molecule has 0 bridgehead atoms. The number of ether oxygens (including phenoxy) is 4. The monoisotopic (exact) mass is 1840 g/mol. The number of terminal acetylenes is 3. The van der Waals surface area contributed by atoms with Gasteiger partial charge >= 0.3 is 120 Å². The van der Waals surface area contributed by atoms with Crippen molar-refractivity contribution in [2.24, 2.45) is 22.9 Å². The van der Waals surface area contributed by atoms with Gasteiger partial charge < -0.3 is 138 Å². The summed E-state index contributed by atoms with van der Waals surface area (Å²) in [4.78, 5) is 241. The van der Waals surface area contributed by atoms with Gasteiger partial charge in [-0.1, -0.05) is 20.8 Å². The fourth-order valence-electron chi connectivity index (χ4n) is 4.33. The van der Waals surface area contributed by atoms with Crippen molar-refractivity contribution in [3.8, 4) is 37.0 Å². The number of carboxylic acids is 1. The average Bonchev–Trinajstić information content (AvgIpc) is 0.961. The van der Waals surface area contributed by atoms with Gasteiger partial charge in [-0.2, -0.15) is 47.9 Å². The van der Waals surface area contributed by atoms with Crippen molar-refractivity contribution in [2.75, 3.05) is 115 Å². The molecule has 0 aromatic rings. The molecule has 0 saturated carbocycles. The van der Waals surface area contributed by atoms with Crippen LogP contribution in [0.5, 0.6) is 0 Å². The number of rotatable bonds is 26. The van der Waals surface area contributed by atoms with E-state index in [4.69, 9.17) is 108 Å². The van der Waals surface area contributed by atoms with Crippen LogP contribution in [0, 0.1) is 37.0 Å². The van der Waals surface area contributed by atoms with Gasteiger partial charge in [0.25, 0.3) is 0 Å². The maximum absolute atomic E-state index is 11.1. The van der Waals surface area contributed by atoms with E-state index in [9.17, 15) is 71.9 Å². The molecule has 0 atom stereocenters. The molecule has 722 valence electrons. The molecular formula is C73H139N17Na2O34. The Kier molecular flexibility index (Phi) is 184. The van der Waals surface area contributed by atoms with Crippen LogP contribution >= 0.6 is 0 Å². The third-order valence-electron chi connectivity index (χ3n) is 9.25. The van der Waals surface area contributed by atoms with E-state index < -0.39 is 52.7 Å². The molecule has 0 heterocycles. The predicted octanol–water partition coefficient (Wildman–Crippen LogP) is -10.8. The second kappa shape index (κ2) is 134. The first kappa shape index (κ1) is 173. The van der Waals surface area contributed by atoms with Crippen LogP contribution < -0.4 is 151 Å². The molecular weight excluding hydrogens is 1700 g/mol. The molecule has 0 unspecified atom stereocenters. The van der Waals surface area contributed by atoms with E-state index >= 15 is 0 Å². The number of Topliss-reactive ketones (excluding diaryl/α,β-unsaturated/α-hetero) is 1. The van der Waals surface area contributed by atoms with Crippen molar-refractivity contribution in [1.82, 2.24) is 69.1 Å². The Morgan fingerprint density at radius 1 is 0.317 bits per heavy atom. The second-order valence-electron chi connectivity index (χ2n) is 24.1. The van der Waals surface area contributed by atoms with E-state index in [0.717, 1.165) is 32.4 Å². The standard InChI is InChI=1S/C10H20N2O3.C9H13NO2.3C8H16N2O3.C8H12N2O2.C5H12N2O.C5H6O2.C3H8N2O.C3H9N.CH5N.5CO2.2Na.4H2O/c1-5-6-11-8(13)7-12-9(14)15-10(2,3)4;1-3-4-5-8(11)6-7-9(12)10-2;3*1-8(2,3)13-7(12)10-5-6(11)9-4;1-3-4-5-7(11)10-6-8(12)9-2;1-2-3-7-5(8)4-6;1-2-3-4-5(6)7;1-5-3(6)2-4;1-2-3-4;1-2;5*2-1-3;;;;;;/h5-7H2,1-4H3,(H,11,13)(H,12,14);1H,4-7H2,2H3,(H,10,12);3*5H2,1-4H3,(H,9,11)(H,10,12);1H,4-6H2,2H3,(H,9,12)(H,10,11);2-4,6H2,1H3,(H,7,8);1H,3-4H2,(H,6,7);2,4H2,1H3,(H,5,6);2-4H2,1H3;2H2,1H3;;;;;;;;4*1H2/q;;;;;;;;;;;;;;;;2*+1;;;;/p-2. The topological polar surface area (TPSA) is 867 Å². The molecule has 51 nitrogen and oxygen atoms in total. The summed E-state index contributed by atoms with van der Waals surface area (Å²) in [7, 11) is 10.6. The number of aliphatic carboxylic acids is 1. The normalized spacial score (nSPS) is 8.06. The van der Waals surface area contributed by atoms with Gasteiger partial charge in [-0.25, -0.2) is 19.2 Å². The Bertz CT molecular complexity index is 2840. The van der Waals surface area contributed by atoms with Crippen LogP contribution in [0.25, 0.3) is 0 Å². The number of carboxylic acid groups (broad SMARTS) is 1. The number of hydrogen-bond acceptors (Lipinski definition) is 35. The van der Waals surface area contributed by atoms with Crippen LogP contribution in [-0.4, -0.2) is 284 Å². The number of carbonyl (C=O) groups is 15. The first-order valence-corrected chi connectivity index (χ1v) is 35.3. The fourth-order valence-corrected chi connectivity index (χ4v) is 4.33. The van der Waals surface area contributed by atoms with Gasteiger partial charge in [-0.05, 0) is 116 Å². The molecule has 0 saturated heterocycles.